The summed E-state index contributed by atoms with van der Waals surface area (Å²) in [6, 6.07) is 4.98. The molecule has 1 aromatic carbocycles. The average Bonchev–Trinajstić information content (AvgIpc) is 2.94. The molecule has 1 unspecified atom stereocenters. The van der Waals surface area contributed by atoms with Crippen LogP contribution in [0.15, 0.2) is 22.7 Å². The lowest BCUT2D eigenvalue weighted by Crippen LogP contribution is -2.14. The molecule has 0 fully saturated rings. The van der Waals surface area contributed by atoms with E-state index in [1.807, 2.05) is 12.1 Å². The minimum absolute atomic E-state index is 0.462. The van der Waals surface area contributed by atoms with Gasteiger partial charge >= 0.3 is 0 Å². The van der Waals surface area contributed by atoms with Crippen LogP contribution >= 0.6 is 0 Å². The summed E-state index contributed by atoms with van der Waals surface area (Å²) < 4.78 is 15.6. The van der Waals surface area contributed by atoms with E-state index < -0.39 is 6.04 Å². The zero-order valence-electron chi connectivity index (χ0n) is 11.9. The van der Waals surface area contributed by atoms with E-state index >= 15 is 0 Å². The highest BCUT2D eigenvalue weighted by Crippen LogP contribution is 2.27. The van der Waals surface area contributed by atoms with Gasteiger partial charge in [0.1, 0.15) is 11.5 Å². The third kappa shape index (κ3) is 3.08. The standard InChI is InChI=1S/C14H19N3O3/c1-4-5-12-16-14(17-20-12)13(15)9-6-10(18-2)8-11(7-9)19-3/h6-8,13H,4-5,15H2,1-3H3. The number of rotatable bonds is 6. The lowest BCUT2D eigenvalue weighted by atomic mass is 10.1. The van der Waals surface area contributed by atoms with E-state index in [0.29, 0.717) is 23.2 Å². The Labute approximate surface area is 117 Å². The van der Waals surface area contributed by atoms with Gasteiger partial charge in [-0.3, -0.25) is 0 Å². The first-order valence-electron chi connectivity index (χ1n) is 6.49. The minimum atomic E-state index is -0.478. The van der Waals surface area contributed by atoms with Gasteiger partial charge in [-0.1, -0.05) is 12.1 Å². The van der Waals surface area contributed by atoms with Crippen molar-refractivity contribution in [1.29, 1.82) is 0 Å². The number of methoxy groups -OCH3 is 2. The van der Waals surface area contributed by atoms with E-state index in [1.54, 1.807) is 20.3 Å². The molecule has 0 aliphatic heterocycles. The zero-order chi connectivity index (χ0) is 14.5. The molecule has 2 N–H and O–H groups in total. The molecule has 1 atom stereocenters. The smallest absolute Gasteiger partial charge is 0.226 e. The first-order valence-corrected chi connectivity index (χ1v) is 6.49. The minimum Gasteiger partial charge on any atom is -0.497 e. The fourth-order valence-electron chi connectivity index (χ4n) is 1.87. The molecule has 2 rings (SSSR count). The molecule has 0 spiro atoms. The number of hydrogen-bond donors (Lipinski definition) is 1. The summed E-state index contributed by atoms with van der Waals surface area (Å²) in [6.45, 7) is 2.05. The first kappa shape index (κ1) is 14.3. The molecular formula is C14H19N3O3. The Kier molecular flexibility index (Phi) is 4.57. The summed E-state index contributed by atoms with van der Waals surface area (Å²) in [5.41, 5.74) is 6.99. The van der Waals surface area contributed by atoms with Crippen molar-refractivity contribution in [2.75, 3.05) is 14.2 Å². The van der Waals surface area contributed by atoms with Gasteiger partial charge in [0.05, 0.1) is 20.3 Å². The molecule has 0 radical (unpaired) electrons. The number of aromatic nitrogens is 2. The second-order valence-electron chi connectivity index (χ2n) is 4.42. The van der Waals surface area contributed by atoms with Crippen molar-refractivity contribution in [2.24, 2.45) is 5.73 Å². The van der Waals surface area contributed by atoms with E-state index in [4.69, 9.17) is 19.7 Å². The maximum atomic E-state index is 6.18. The van der Waals surface area contributed by atoms with Crippen LogP contribution in [0.2, 0.25) is 0 Å². The number of benzene rings is 1. The van der Waals surface area contributed by atoms with Crippen LogP contribution in [0.5, 0.6) is 11.5 Å². The summed E-state index contributed by atoms with van der Waals surface area (Å²) in [5, 5.41) is 3.93. The molecule has 0 aliphatic rings. The maximum absolute atomic E-state index is 6.18. The number of ether oxygens (including phenoxy) is 2. The quantitative estimate of drug-likeness (QED) is 0.870. The lowest BCUT2D eigenvalue weighted by molar-refractivity contribution is 0.370. The monoisotopic (exact) mass is 277 g/mol. The SMILES string of the molecule is CCCc1nc(C(N)c2cc(OC)cc(OC)c2)no1. The molecule has 0 aliphatic carbocycles. The van der Waals surface area contributed by atoms with Gasteiger partial charge in [0, 0.05) is 12.5 Å². The van der Waals surface area contributed by atoms with Crippen molar-refractivity contribution in [1.82, 2.24) is 10.1 Å². The number of aryl methyl sites for hydroxylation is 1. The van der Waals surface area contributed by atoms with Crippen molar-refractivity contribution in [3.05, 3.63) is 35.5 Å². The van der Waals surface area contributed by atoms with Gasteiger partial charge in [0.2, 0.25) is 5.89 Å². The van der Waals surface area contributed by atoms with Gasteiger partial charge in [0.25, 0.3) is 0 Å². The van der Waals surface area contributed by atoms with Crippen LogP contribution in [0.25, 0.3) is 0 Å². The van der Waals surface area contributed by atoms with E-state index in [-0.39, 0.29) is 0 Å². The highest BCUT2D eigenvalue weighted by molar-refractivity contribution is 5.41. The van der Waals surface area contributed by atoms with Crippen molar-refractivity contribution >= 4 is 0 Å². The Morgan fingerprint density at radius 3 is 2.40 bits per heavy atom. The average molecular weight is 277 g/mol. The van der Waals surface area contributed by atoms with Crippen LogP contribution in [0.4, 0.5) is 0 Å². The van der Waals surface area contributed by atoms with Crippen LogP contribution in [-0.4, -0.2) is 24.4 Å². The Morgan fingerprint density at radius 1 is 1.20 bits per heavy atom. The summed E-state index contributed by atoms with van der Waals surface area (Å²) in [6.07, 6.45) is 1.70. The third-order valence-electron chi connectivity index (χ3n) is 2.96. The van der Waals surface area contributed by atoms with Crippen molar-refractivity contribution < 1.29 is 14.0 Å². The van der Waals surface area contributed by atoms with E-state index in [2.05, 4.69) is 17.1 Å². The summed E-state index contributed by atoms with van der Waals surface area (Å²) in [4.78, 5) is 4.30. The van der Waals surface area contributed by atoms with Gasteiger partial charge in [-0.2, -0.15) is 4.98 Å². The molecule has 0 amide bonds. The third-order valence-corrected chi connectivity index (χ3v) is 2.96. The van der Waals surface area contributed by atoms with Crippen LogP contribution in [-0.2, 0) is 6.42 Å². The molecule has 1 heterocycles. The largest absolute Gasteiger partial charge is 0.497 e. The summed E-state index contributed by atoms with van der Waals surface area (Å²) in [7, 11) is 3.19. The Morgan fingerprint density at radius 2 is 1.85 bits per heavy atom. The highest BCUT2D eigenvalue weighted by atomic mass is 16.5. The number of nitrogens with two attached hydrogens (primary N) is 1. The van der Waals surface area contributed by atoms with Gasteiger partial charge in [-0.05, 0) is 24.1 Å². The van der Waals surface area contributed by atoms with Gasteiger partial charge in [-0.25, -0.2) is 0 Å². The molecule has 6 nitrogen and oxygen atoms in total. The van der Waals surface area contributed by atoms with Gasteiger partial charge in [-0.15, -0.1) is 0 Å². The summed E-state index contributed by atoms with van der Waals surface area (Å²) in [5.74, 6) is 2.41. The van der Waals surface area contributed by atoms with Crippen molar-refractivity contribution in [3.63, 3.8) is 0 Å². The van der Waals surface area contributed by atoms with Crippen molar-refractivity contribution in [2.45, 2.75) is 25.8 Å². The molecule has 0 saturated carbocycles. The van der Waals surface area contributed by atoms with Gasteiger partial charge in [0.15, 0.2) is 5.82 Å². The Bertz CT molecular complexity index is 546. The fraction of sp³-hybridized carbons (Fsp3) is 0.429. The molecule has 2 aromatic rings. The predicted octanol–water partition coefficient (Wildman–Crippen LogP) is 2.09. The zero-order valence-corrected chi connectivity index (χ0v) is 11.9. The first-order chi connectivity index (χ1) is 9.67. The molecule has 1 aromatic heterocycles. The summed E-state index contributed by atoms with van der Waals surface area (Å²) >= 11 is 0. The fourth-order valence-corrected chi connectivity index (χ4v) is 1.87. The van der Waals surface area contributed by atoms with E-state index in [9.17, 15) is 0 Å². The normalized spacial score (nSPS) is 12.2. The van der Waals surface area contributed by atoms with E-state index in [0.717, 1.165) is 18.4 Å². The van der Waals surface area contributed by atoms with Crippen LogP contribution < -0.4 is 15.2 Å². The van der Waals surface area contributed by atoms with Crippen LogP contribution in [0.3, 0.4) is 0 Å². The second-order valence-corrected chi connectivity index (χ2v) is 4.42. The van der Waals surface area contributed by atoms with Crippen LogP contribution in [0.1, 0.15) is 36.7 Å². The molecule has 0 saturated heterocycles. The molecule has 0 bridgehead atoms. The van der Waals surface area contributed by atoms with Gasteiger partial charge < -0.3 is 19.7 Å². The topological polar surface area (TPSA) is 83.4 Å². The highest BCUT2D eigenvalue weighted by Gasteiger charge is 2.17. The molecular weight excluding hydrogens is 258 g/mol. The Balaban J connectivity index is 2.28. The maximum Gasteiger partial charge on any atom is 0.226 e. The number of nitrogens with zero attached hydrogens (tertiary/aromatic N) is 2. The molecule has 108 valence electrons. The second kappa shape index (κ2) is 6.38. The molecule has 20 heavy (non-hydrogen) atoms. The van der Waals surface area contributed by atoms with Crippen LogP contribution in [0, 0.1) is 0 Å². The molecule has 6 heteroatoms. The van der Waals surface area contributed by atoms with Crippen molar-refractivity contribution in [3.8, 4) is 11.5 Å². The Hall–Kier alpha value is -2.08. The van der Waals surface area contributed by atoms with E-state index in [1.165, 1.54) is 0 Å². The number of hydrogen-bond acceptors (Lipinski definition) is 6. The lowest BCUT2D eigenvalue weighted by Gasteiger charge is -2.11. The predicted molar refractivity (Wildman–Crippen MR) is 73.9 cm³/mol.